The summed E-state index contributed by atoms with van der Waals surface area (Å²) in [5, 5.41) is 11.1. The molecule has 2 aromatic rings. The maximum absolute atomic E-state index is 15.2. The van der Waals surface area contributed by atoms with Crippen molar-refractivity contribution in [2.24, 2.45) is 5.92 Å². The van der Waals surface area contributed by atoms with Crippen LogP contribution in [0.2, 0.25) is 0 Å². The van der Waals surface area contributed by atoms with E-state index in [1.165, 1.54) is 36.0 Å². The van der Waals surface area contributed by atoms with Crippen LogP contribution in [0.3, 0.4) is 0 Å². The third-order valence-electron chi connectivity index (χ3n) is 7.87. The van der Waals surface area contributed by atoms with E-state index in [9.17, 15) is 36.3 Å². The summed E-state index contributed by atoms with van der Waals surface area (Å²) in [4.78, 5) is 39.7. The Morgan fingerprint density at radius 3 is 2.33 bits per heavy atom. The fourth-order valence-electron chi connectivity index (χ4n) is 5.39. The SMILES string of the molecule is CC(C)n1nccc1C(=O)N[C@H](C(=O)Nc1ccc([C@H](C)N2C[C@@H](C(F)(F)F)NC2=O)cc1F)C1CCC(=C(F)F)CC1. The minimum absolute atomic E-state index is 0.0105. The van der Waals surface area contributed by atoms with Gasteiger partial charge < -0.3 is 20.9 Å². The molecule has 2 fully saturated rings. The molecule has 1 aliphatic carbocycles. The summed E-state index contributed by atoms with van der Waals surface area (Å²) in [6.45, 7) is 4.43. The maximum atomic E-state index is 15.2. The average Bonchev–Trinajstić information content (AvgIpc) is 3.60. The number of nitrogens with one attached hydrogen (secondary N) is 3. The molecule has 1 aromatic heterocycles. The van der Waals surface area contributed by atoms with E-state index in [1.54, 1.807) is 0 Å². The predicted octanol–water partition coefficient (Wildman–Crippen LogP) is 5.70. The summed E-state index contributed by atoms with van der Waals surface area (Å²) < 4.78 is 82.1. The monoisotopic (exact) mass is 614 g/mol. The van der Waals surface area contributed by atoms with Crippen LogP contribution < -0.4 is 16.0 Å². The quantitative estimate of drug-likeness (QED) is 0.332. The number of benzene rings is 1. The van der Waals surface area contributed by atoms with Gasteiger partial charge in [0.25, 0.3) is 12.0 Å². The molecule has 3 atom stereocenters. The Kier molecular flexibility index (Phi) is 9.40. The highest BCUT2D eigenvalue weighted by molar-refractivity contribution is 6.00. The molecule has 1 aliphatic heterocycles. The number of rotatable bonds is 8. The van der Waals surface area contributed by atoms with Gasteiger partial charge in [0.05, 0.1) is 18.3 Å². The highest BCUT2D eigenvalue weighted by Gasteiger charge is 2.48. The Bertz CT molecular complexity index is 1390. The first-order chi connectivity index (χ1) is 20.2. The van der Waals surface area contributed by atoms with Gasteiger partial charge in [-0.25, -0.2) is 9.18 Å². The lowest BCUT2D eigenvalue weighted by Crippen LogP contribution is -2.49. The van der Waals surface area contributed by atoms with Crippen molar-refractivity contribution in [2.75, 3.05) is 11.9 Å². The van der Waals surface area contributed by atoms with E-state index in [-0.39, 0.29) is 54.2 Å². The normalized spacial score (nSPS) is 20.6. The molecule has 2 aliphatic rings. The van der Waals surface area contributed by atoms with Crippen molar-refractivity contribution in [3.05, 3.63) is 59.2 Å². The summed E-state index contributed by atoms with van der Waals surface area (Å²) in [7, 11) is 0. The van der Waals surface area contributed by atoms with Gasteiger partial charge in [0.1, 0.15) is 23.6 Å². The molecular formula is C28H32F6N6O3. The van der Waals surface area contributed by atoms with Gasteiger partial charge in [0, 0.05) is 12.2 Å². The Balaban J connectivity index is 1.52. The zero-order valence-corrected chi connectivity index (χ0v) is 23.6. The van der Waals surface area contributed by atoms with Crippen molar-refractivity contribution in [3.63, 3.8) is 0 Å². The lowest BCUT2D eigenvalue weighted by molar-refractivity contribution is -0.150. The van der Waals surface area contributed by atoms with Crippen molar-refractivity contribution in [3.8, 4) is 0 Å². The number of alkyl halides is 3. The molecule has 0 unspecified atom stereocenters. The van der Waals surface area contributed by atoms with Crippen LogP contribution in [0.1, 0.15) is 74.6 Å². The van der Waals surface area contributed by atoms with E-state index in [4.69, 9.17) is 0 Å². The fraction of sp³-hybridized carbons (Fsp3) is 0.500. The molecule has 234 valence electrons. The summed E-state index contributed by atoms with van der Waals surface area (Å²) in [5.74, 6) is -2.83. The average molecular weight is 615 g/mol. The number of aromatic nitrogens is 2. The van der Waals surface area contributed by atoms with Crippen molar-refractivity contribution < 1.29 is 40.7 Å². The molecule has 1 saturated carbocycles. The van der Waals surface area contributed by atoms with Crippen LogP contribution in [0.25, 0.3) is 0 Å². The third kappa shape index (κ3) is 7.13. The molecule has 9 nitrogen and oxygen atoms in total. The Labute approximate surface area is 243 Å². The lowest BCUT2D eigenvalue weighted by atomic mass is 9.81. The molecular weight excluding hydrogens is 582 g/mol. The third-order valence-corrected chi connectivity index (χ3v) is 7.87. The molecule has 0 bridgehead atoms. The van der Waals surface area contributed by atoms with Crippen LogP contribution in [-0.2, 0) is 4.79 Å². The first kappa shape index (κ1) is 31.9. The molecule has 3 N–H and O–H groups in total. The van der Waals surface area contributed by atoms with Gasteiger partial charge in [-0.2, -0.15) is 27.1 Å². The summed E-state index contributed by atoms with van der Waals surface area (Å²) >= 11 is 0. The summed E-state index contributed by atoms with van der Waals surface area (Å²) in [5.41, 5.74) is 0.101. The second-order valence-electron chi connectivity index (χ2n) is 11.0. The Morgan fingerprint density at radius 2 is 1.77 bits per heavy atom. The van der Waals surface area contributed by atoms with Crippen molar-refractivity contribution >= 4 is 23.5 Å². The van der Waals surface area contributed by atoms with Crippen molar-refractivity contribution in [1.29, 1.82) is 0 Å². The molecule has 0 radical (unpaired) electrons. The van der Waals surface area contributed by atoms with E-state index in [0.717, 1.165) is 11.0 Å². The molecule has 2 heterocycles. The fourth-order valence-corrected chi connectivity index (χ4v) is 5.39. The van der Waals surface area contributed by atoms with E-state index in [0.29, 0.717) is 0 Å². The smallest absolute Gasteiger partial charge is 0.339 e. The number of allylic oxidation sites excluding steroid dienone is 1. The molecule has 1 saturated heterocycles. The number of urea groups is 1. The van der Waals surface area contributed by atoms with Crippen LogP contribution in [0.15, 0.2) is 42.1 Å². The number of nitrogens with zero attached hydrogens (tertiary/aromatic N) is 3. The van der Waals surface area contributed by atoms with E-state index in [2.05, 4.69) is 15.7 Å². The zero-order valence-electron chi connectivity index (χ0n) is 23.6. The van der Waals surface area contributed by atoms with Crippen molar-refractivity contribution in [1.82, 2.24) is 25.3 Å². The molecule has 43 heavy (non-hydrogen) atoms. The minimum Gasteiger partial charge on any atom is -0.339 e. The standard InChI is InChI=1S/C28H32F6N6O3/c1-14(2)40-21(10-11-35-40)25(41)38-23(16-4-6-17(7-5-16)24(30)31)26(42)36-20-9-8-18(12-19(20)29)15(3)39-13-22(28(32,33)34)37-27(39)43/h8-12,14-16,22-23H,4-7,13H2,1-3H3,(H,36,42)(H,37,43)(H,38,41)/t15-,22-,23-/m0/s1. The van der Waals surface area contributed by atoms with Gasteiger partial charge in [-0.15, -0.1) is 0 Å². The number of halogens is 6. The van der Waals surface area contributed by atoms with Gasteiger partial charge in [0.15, 0.2) is 0 Å². The van der Waals surface area contributed by atoms with Crippen LogP contribution in [0.4, 0.5) is 36.8 Å². The Morgan fingerprint density at radius 1 is 1.09 bits per heavy atom. The summed E-state index contributed by atoms with van der Waals surface area (Å²) in [6, 6.07) is -0.212. The molecule has 15 heteroatoms. The molecule has 4 amide bonds. The van der Waals surface area contributed by atoms with Gasteiger partial charge in [0.2, 0.25) is 5.91 Å². The van der Waals surface area contributed by atoms with Crippen LogP contribution in [0, 0.1) is 11.7 Å². The topological polar surface area (TPSA) is 108 Å². The lowest BCUT2D eigenvalue weighted by Gasteiger charge is -2.31. The van der Waals surface area contributed by atoms with Gasteiger partial charge >= 0.3 is 12.2 Å². The number of anilines is 1. The van der Waals surface area contributed by atoms with Crippen molar-refractivity contribution in [2.45, 2.75) is 76.8 Å². The van der Waals surface area contributed by atoms with Gasteiger partial charge in [-0.05, 0) is 81.7 Å². The second-order valence-corrected chi connectivity index (χ2v) is 11.0. The highest BCUT2D eigenvalue weighted by Crippen LogP contribution is 2.34. The van der Waals surface area contributed by atoms with Crippen LogP contribution >= 0.6 is 0 Å². The van der Waals surface area contributed by atoms with E-state index in [1.807, 2.05) is 19.2 Å². The molecule has 1 aromatic carbocycles. The maximum Gasteiger partial charge on any atom is 0.410 e. The zero-order chi connectivity index (χ0) is 31.6. The molecule has 0 spiro atoms. The van der Waals surface area contributed by atoms with Crippen LogP contribution in [0.5, 0.6) is 0 Å². The van der Waals surface area contributed by atoms with E-state index >= 15 is 4.39 Å². The van der Waals surface area contributed by atoms with Crippen LogP contribution in [-0.4, -0.2) is 57.3 Å². The number of hydrogen-bond acceptors (Lipinski definition) is 4. The number of carbonyl (C=O) groups is 3. The highest BCUT2D eigenvalue weighted by atomic mass is 19.4. The van der Waals surface area contributed by atoms with Gasteiger partial charge in [-0.1, -0.05) is 6.07 Å². The first-order valence-electron chi connectivity index (χ1n) is 13.8. The predicted molar refractivity (Wildman–Crippen MR) is 144 cm³/mol. The molecule has 4 rings (SSSR count). The second kappa shape index (κ2) is 12.7. The number of hydrogen-bond donors (Lipinski definition) is 3. The minimum atomic E-state index is -4.64. The number of carbonyl (C=O) groups excluding carboxylic acids is 3. The number of amides is 4. The largest absolute Gasteiger partial charge is 0.410 e. The first-order valence-corrected chi connectivity index (χ1v) is 13.8. The van der Waals surface area contributed by atoms with E-state index < -0.39 is 66.5 Å². The summed E-state index contributed by atoms with van der Waals surface area (Å²) in [6.07, 6.45) is -4.53. The van der Waals surface area contributed by atoms with Gasteiger partial charge in [-0.3, -0.25) is 14.3 Å². The Hall–Kier alpha value is -4.04.